The number of unbranched alkanes of at least 4 members (excludes halogenated alkanes) is 6. The van der Waals surface area contributed by atoms with E-state index < -0.39 is 12.2 Å². The first-order valence-corrected chi connectivity index (χ1v) is 8.33. The molecular formula is C20H28O4. The van der Waals surface area contributed by atoms with Crippen molar-refractivity contribution in [2.24, 2.45) is 0 Å². The van der Waals surface area contributed by atoms with Crippen molar-refractivity contribution in [3.63, 3.8) is 0 Å². The van der Waals surface area contributed by atoms with Crippen LogP contribution in [-0.2, 0) is 9.53 Å². The van der Waals surface area contributed by atoms with Gasteiger partial charge in [-0.15, -0.1) is 0 Å². The van der Waals surface area contributed by atoms with Gasteiger partial charge in [-0.25, -0.2) is 0 Å². The van der Waals surface area contributed by atoms with E-state index in [0.717, 1.165) is 44.9 Å². The van der Waals surface area contributed by atoms with Crippen molar-refractivity contribution in [1.29, 1.82) is 0 Å². The van der Waals surface area contributed by atoms with Crippen molar-refractivity contribution in [3.8, 4) is 23.7 Å². The molecule has 0 heterocycles. The molecule has 0 bridgehead atoms. The Hall–Kier alpha value is -2.01. The van der Waals surface area contributed by atoms with E-state index in [1.54, 1.807) is 6.08 Å². The lowest BCUT2D eigenvalue weighted by Gasteiger charge is -2.05. The maximum atomic E-state index is 10.6. The third kappa shape index (κ3) is 16.4. The third-order valence-corrected chi connectivity index (χ3v) is 3.08. The van der Waals surface area contributed by atoms with Crippen LogP contribution in [0.3, 0.4) is 0 Å². The van der Waals surface area contributed by atoms with Crippen molar-refractivity contribution in [2.45, 2.75) is 64.1 Å². The maximum Gasteiger partial charge on any atom is 0.302 e. The highest BCUT2D eigenvalue weighted by molar-refractivity contribution is 5.65. The molecule has 0 amide bonds. The predicted molar refractivity (Wildman–Crippen MR) is 95.9 cm³/mol. The highest BCUT2D eigenvalue weighted by Crippen LogP contribution is 2.07. The summed E-state index contributed by atoms with van der Waals surface area (Å²) in [6, 6.07) is 0. The van der Waals surface area contributed by atoms with Crippen LogP contribution in [-0.4, -0.2) is 35.0 Å². The van der Waals surface area contributed by atoms with Gasteiger partial charge in [-0.2, -0.15) is 0 Å². The fraction of sp³-hybridized carbons (Fsp3) is 0.550. The monoisotopic (exact) mass is 332 g/mol. The summed E-state index contributed by atoms with van der Waals surface area (Å²) in [5.74, 6) is 10.4. The minimum absolute atomic E-state index is 0.0177. The second-order valence-electron chi connectivity index (χ2n) is 5.36. The zero-order chi connectivity index (χ0) is 18.0. The molecule has 4 heteroatoms. The van der Waals surface area contributed by atoms with Crippen LogP contribution >= 0.6 is 0 Å². The van der Waals surface area contributed by atoms with E-state index >= 15 is 0 Å². The molecule has 2 atom stereocenters. The molecule has 0 aliphatic heterocycles. The molecule has 0 saturated heterocycles. The Bertz CT molecular complexity index is 499. The Morgan fingerprint density at radius 1 is 1.17 bits per heavy atom. The van der Waals surface area contributed by atoms with Gasteiger partial charge in [0.25, 0.3) is 0 Å². The number of aliphatic hydroxyl groups excluding tert-OH is 2. The van der Waals surface area contributed by atoms with Crippen LogP contribution < -0.4 is 0 Å². The maximum absolute atomic E-state index is 10.6. The number of hydrogen-bond donors (Lipinski definition) is 2. The number of allylic oxidation sites excluding steroid dienone is 1. The van der Waals surface area contributed by atoms with Gasteiger partial charge in [0.1, 0.15) is 18.8 Å². The molecule has 2 N–H and O–H groups in total. The van der Waals surface area contributed by atoms with E-state index in [2.05, 4.69) is 30.3 Å². The molecule has 0 aliphatic carbocycles. The average molecular weight is 332 g/mol. The Kier molecular flexibility index (Phi) is 14.5. The molecule has 0 fully saturated rings. The lowest BCUT2D eigenvalue weighted by Crippen LogP contribution is -2.14. The number of carbonyl (C=O) groups excluding carboxylic acids is 1. The van der Waals surface area contributed by atoms with Crippen LogP contribution in [0.25, 0.3) is 0 Å². The summed E-state index contributed by atoms with van der Waals surface area (Å²) in [6.45, 7) is 4.76. The van der Waals surface area contributed by atoms with Crippen molar-refractivity contribution in [2.75, 3.05) is 6.61 Å². The highest BCUT2D eigenvalue weighted by Gasteiger charge is 2.00. The molecular weight excluding hydrogens is 304 g/mol. The van der Waals surface area contributed by atoms with Gasteiger partial charge < -0.3 is 14.9 Å². The fourth-order valence-electron chi connectivity index (χ4n) is 1.79. The smallest absolute Gasteiger partial charge is 0.302 e. The number of rotatable bonds is 11. The van der Waals surface area contributed by atoms with Crippen molar-refractivity contribution in [1.82, 2.24) is 0 Å². The second kappa shape index (κ2) is 15.9. The van der Waals surface area contributed by atoms with Gasteiger partial charge in [-0.05, 0) is 31.1 Å². The van der Waals surface area contributed by atoms with Gasteiger partial charge in [-0.1, -0.05) is 55.9 Å². The largest absolute Gasteiger partial charge is 0.463 e. The van der Waals surface area contributed by atoms with E-state index in [9.17, 15) is 9.90 Å². The summed E-state index contributed by atoms with van der Waals surface area (Å²) in [5, 5.41) is 18.6. The number of aliphatic hydroxyl groups is 2. The summed E-state index contributed by atoms with van der Waals surface area (Å²) >= 11 is 0. The van der Waals surface area contributed by atoms with Crippen molar-refractivity contribution >= 4 is 5.97 Å². The summed E-state index contributed by atoms with van der Waals surface area (Å²) in [5.41, 5.74) is 0. The standard InChI is InChI=1S/C20H28O4/c1-3-19(22)15-13-11-9-7-5-4-6-8-10-12-14-16-20(23)17-24-18(2)21/h3,14,16,19-20,22-23H,1,4-8,10,12,17H2,2H3/b16-14-/t19-,20-/m1/s1. The Morgan fingerprint density at radius 3 is 2.58 bits per heavy atom. The van der Waals surface area contributed by atoms with E-state index in [-0.39, 0.29) is 12.6 Å². The first kappa shape index (κ1) is 22.0. The van der Waals surface area contributed by atoms with Crippen LogP contribution in [0.5, 0.6) is 0 Å². The lowest BCUT2D eigenvalue weighted by molar-refractivity contribution is -0.143. The molecule has 0 spiro atoms. The van der Waals surface area contributed by atoms with Gasteiger partial charge in [-0.3, -0.25) is 4.79 Å². The second-order valence-corrected chi connectivity index (χ2v) is 5.36. The van der Waals surface area contributed by atoms with Crippen LogP contribution in [0.4, 0.5) is 0 Å². The topological polar surface area (TPSA) is 66.8 Å². The first-order valence-electron chi connectivity index (χ1n) is 8.33. The zero-order valence-corrected chi connectivity index (χ0v) is 14.5. The third-order valence-electron chi connectivity index (χ3n) is 3.08. The predicted octanol–water partition coefficient (Wildman–Crippen LogP) is 2.75. The van der Waals surface area contributed by atoms with Gasteiger partial charge in [0.15, 0.2) is 0 Å². The molecule has 0 saturated carbocycles. The molecule has 0 aromatic carbocycles. The molecule has 0 aromatic rings. The lowest BCUT2D eigenvalue weighted by atomic mass is 10.1. The minimum Gasteiger partial charge on any atom is -0.463 e. The Labute approximate surface area is 145 Å². The van der Waals surface area contributed by atoms with E-state index in [0.29, 0.717) is 0 Å². The molecule has 0 unspecified atom stereocenters. The molecule has 0 rings (SSSR count). The average Bonchev–Trinajstić information content (AvgIpc) is 2.56. The van der Waals surface area contributed by atoms with Gasteiger partial charge in [0.2, 0.25) is 0 Å². The molecule has 0 aromatic heterocycles. The van der Waals surface area contributed by atoms with E-state index in [4.69, 9.17) is 9.84 Å². The van der Waals surface area contributed by atoms with Gasteiger partial charge in [0, 0.05) is 13.3 Å². The van der Waals surface area contributed by atoms with Gasteiger partial charge in [0.05, 0.1) is 0 Å². The summed E-state index contributed by atoms with van der Waals surface area (Å²) < 4.78 is 4.70. The number of ether oxygens (including phenoxy) is 1. The quantitative estimate of drug-likeness (QED) is 0.264. The number of hydrogen-bond acceptors (Lipinski definition) is 4. The number of esters is 1. The van der Waals surface area contributed by atoms with Crippen LogP contribution in [0.1, 0.15) is 51.9 Å². The first-order chi connectivity index (χ1) is 11.6. The number of carbonyl (C=O) groups is 1. The Morgan fingerprint density at radius 2 is 1.88 bits per heavy atom. The summed E-state index contributed by atoms with van der Waals surface area (Å²) in [6.07, 6.45) is 10.7. The van der Waals surface area contributed by atoms with Crippen LogP contribution in [0.15, 0.2) is 24.8 Å². The minimum atomic E-state index is -0.795. The summed E-state index contributed by atoms with van der Waals surface area (Å²) in [4.78, 5) is 10.6. The van der Waals surface area contributed by atoms with E-state index in [1.807, 2.05) is 6.08 Å². The van der Waals surface area contributed by atoms with Crippen molar-refractivity contribution < 1.29 is 19.7 Å². The molecule has 132 valence electrons. The van der Waals surface area contributed by atoms with E-state index in [1.165, 1.54) is 13.0 Å². The highest BCUT2D eigenvalue weighted by atomic mass is 16.5. The molecule has 4 nitrogen and oxygen atoms in total. The molecule has 0 aliphatic rings. The molecule has 0 radical (unpaired) electrons. The van der Waals surface area contributed by atoms with Gasteiger partial charge >= 0.3 is 5.97 Å². The summed E-state index contributed by atoms with van der Waals surface area (Å²) in [7, 11) is 0. The fourth-order valence-corrected chi connectivity index (χ4v) is 1.79. The van der Waals surface area contributed by atoms with Crippen molar-refractivity contribution in [3.05, 3.63) is 24.8 Å². The Balaban J connectivity index is 3.48. The van der Waals surface area contributed by atoms with Crippen LogP contribution in [0, 0.1) is 23.7 Å². The van der Waals surface area contributed by atoms with Crippen LogP contribution in [0.2, 0.25) is 0 Å². The SMILES string of the molecule is C=C[C@@H](O)C#CC#CCCCCCCC/C=C\[C@@H](O)COC(C)=O. The normalized spacial score (nSPS) is 12.5. The zero-order valence-electron chi connectivity index (χ0n) is 14.5. The molecule has 24 heavy (non-hydrogen) atoms.